The number of nitrogens with two attached hydrogens (primary N) is 1. The smallest absolute Gasteiger partial charge is 0.248 e. The lowest BCUT2D eigenvalue weighted by Crippen LogP contribution is -2.60. The molecule has 1 heterocycles. The predicted molar refractivity (Wildman–Crippen MR) is 74.6 cm³/mol. The number of aromatic nitrogens is 4. The van der Waals surface area contributed by atoms with Crippen LogP contribution in [0.3, 0.4) is 0 Å². The average molecular weight is 274 g/mol. The lowest BCUT2D eigenvalue weighted by atomic mass is 9.83. The second-order valence-electron chi connectivity index (χ2n) is 4.81. The van der Waals surface area contributed by atoms with Crippen LogP contribution >= 0.6 is 0 Å². The molecule has 20 heavy (non-hydrogen) atoms. The fourth-order valence-corrected chi connectivity index (χ4v) is 2.40. The highest BCUT2D eigenvalue weighted by atomic mass is 16.5. The van der Waals surface area contributed by atoms with E-state index in [1.165, 1.54) is 0 Å². The summed E-state index contributed by atoms with van der Waals surface area (Å²) in [5, 5.41) is 15.0. The van der Waals surface area contributed by atoms with Gasteiger partial charge in [0.15, 0.2) is 0 Å². The topological polar surface area (TPSA) is 90.9 Å². The van der Waals surface area contributed by atoms with E-state index in [1.54, 1.807) is 4.68 Å². The van der Waals surface area contributed by atoms with Crippen molar-refractivity contribution in [2.45, 2.75) is 31.5 Å². The molecule has 7 heteroatoms. The first-order valence-electron chi connectivity index (χ1n) is 6.77. The molecule has 2 aromatic rings. The first-order chi connectivity index (χ1) is 9.79. The molecule has 1 aliphatic carbocycles. The van der Waals surface area contributed by atoms with Gasteiger partial charge in [0.1, 0.15) is 0 Å². The number of rotatable bonds is 5. The summed E-state index contributed by atoms with van der Waals surface area (Å²) in [6.07, 6.45) is 0.981. The summed E-state index contributed by atoms with van der Waals surface area (Å²) < 4.78 is 7.30. The van der Waals surface area contributed by atoms with E-state index < -0.39 is 0 Å². The van der Waals surface area contributed by atoms with Gasteiger partial charge in [-0.2, -0.15) is 4.68 Å². The Hall–Kier alpha value is -1.99. The van der Waals surface area contributed by atoms with Gasteiger partial charge in [-0.15, -0.1) is 0 Å². The molecule has 0 amide bonds. The summed E-state index contributed by atoms with van der Waals surface area (Å²) in [5.74, 6) is 0.584. The summed E-state index contributed by atoms with van der Waals surface area (Å²) in [5.41, 5.74) is 6.93. The van der Waals surface area contributed by atoms with Crippen molar-refractivity contribution in [1.29, 1.82) is 0 Å². The number of nitrogens with one attached hydrogen (secondary N) is 1. The van der Waals surface area contributed by atoms with Crippen molar-refractivity contribution in [3.63, 3.8) is 0 Å². The van der Waals surface area contributed by atoms with Crippen LogP contribution < -0.4 is 11.1 Å². The van der Waals surface area contributed by atoms with Crippen LogP contribution in [-0.2, 0) is 4.74 Å². The number of tetrazole rings is 1. The van der Waals surface area contributed by atoms with Gasteiger partial charge in [0, 0.05) is 12.6 Å². The fourth-order valence-electron chi connectivity index (χ4n) is 2.40. The second-order valence-corrected chi connectivity index (χ2v) is 4.81. The van der Waals surface area contributed by atoms with Gasteiger partial charge >= 0.3 is 0 Å². The highest BCUT2D eigenvalue weighted by Crippen LogP contribution is 2.26. The molecule has 7 nitrogen and oxygen atoms in total. The Morgan fingerprint density at radius 2 is 2.20 bits per heavy atom. The van der Waals surface area contributed by atoms with Crippen molar-refractivity contribution >= 4 is 5.95 Å². The molecule has 3 atom stereocenters. The van der Waals surface area contributed by atoms with Gasteiger partial charge in [-0.05, 0) is 35.9 Å². The Morgan fingerprint density at radius 1 is 1.40 bits per heavy atom. The van der Waals surface area contributed by atoms with E-state index in [9.17, 15) is 0 Å². The van der Waals surface area contributed by atoms with Gasteiger partial charge in [0.25, 0.3) is 0 Å². The van der Waals surface area contributed by atoms with Crippen LogP contribution in [0.2, 0.25) is 0 Å². The van der Waals surface area contributed by atoms with Crippen molar-refractivity contribution in [2.24, 2.45) is 5.73 Å². The molecule has 1 aromatic heterocycles. The van der Waals surface area contributed by atoms with Gasteiger partial charge in [-0.1, -0.05) is 23.3 Å². The van der Waals surface area contributed by atoms with E-state index in [2.05, 4.69) is 20.8 Å². The van der Waals surface area contributed by atoms with E-state index in [0.29, 0.717) is 12.6 Å². The molecular formula is C13H18N6O. The molecule has 0 aliphatic heterocycles. The minimum atomic E-state index is 0.0448. The third-order valence-electron chi connectivity index (χ3n) is 3.51. The Balaban J connectivity index is 1.77. The van der Waals surface area contributed by atoms with E-state index in [4.69, 9.17) is 10.5 Å². The SMILES string of the molecule is CCOC1CC(N)C1Nc1nnnn1-c1ccccc1. The predicted octanol–water partition coefficient (Wildman–Crippen LogP) is 0.579. The molecule has 0 radical (unpaired) electrons. The van der Waals surface area contributed by atoms with Crippen molar-refractivity contribution in [3.05, 3.63) is 30.3 Å². The third-order valence-corrected chi connectivity index (χ3v) is 3.51. The minimum Gasteiger partial charge on any atom is -0.376 e. The quantitative estimate of drug-likeness (QED) is 0.828. The van der Waals surface area contributed by atoms with Gasteiger partial charge in [-0.3, -0.25) is 0 Å². The highest BCUT2D eigenvalue weighted by Gasteiger charge is 2.40. The molecule has 3 rings (SSSR count). The first kappa shape index (κ1) is 13.0. The van der Waals surface area contributed by atoms with E-state index in [-0.39, 0.29) is 18.2 Å². The van der Waals surface area contributed by atoms with Crippen LogP contribution in [0, 0.1) is 0 Å². The monoisotopic (exact) mass is 274 g/mol. The Kier molecular flexibility index (Phi) is 3.62. The fraction of sp³-hybridized carbons (Fsp3) is 0.462. The average Bonchev–Trinajstić information content (AvgIpc) is 2.94. The maximum Gasteiger partial charge on any atom is 0.248 e. The van der Waals surface area contributed by atoms with Crippen molar-refractivity contribution in [1.82, 2.24) is 20.2 Å². The zero-order valence-corrected chi connectivity index (χ0v) is 11.3. The largest absolute Gasteiger partial charge is 0.376 e. The number of ether oxygens (including phenoxy) is 1. The maximum atomic E-state index is 6.03. The van der Waals surface area contributed by atoms with Crippen molar-refractivity contribution in [2.75, 3.05) is 11.9 Å². The summed E-state index contributed by atoms with van der Waals surface area (Å²) >= 11 is 0. The number of anilines is 1. The minimum absolute atomic E-state index is 0.0448. The first-order valence-corrected chi connectivity index (χ1v) is 6.77. The third kappa shape index (κ3) is 2.37. The van der Waals surface area contributed by atoms with Crippen LogP contribution in [0.1, 0.15) is 13.3 Å². The summed E-state index contributed by atoms with van der Waals surface area (Å²) in [4.78, 5) is 0. The molecular weight excluding hydrogens is 256 g/mol. The highest BCUT2D eigenvalue weighted by molar-refractivity contribution is 5.40. The molecule has 106 valence electrons. The van der Waals surface area contributed by atoms with E-state index >= 15 is 0 Å². The molecule has 1 saturated carbocycles. The van der Waals surface area contributed by atoms with E-state index in [1.807, 2.05) is 37.3 Å². The Morgan fingerprint density at radius 3 is 2.90 bits per heavy atom. The van der Waals surface area contributed by atoms with Crippen molar-refractivity contribution in [3.8, 4) is 5.69 Å². The zero-order chi connectivity index (χ0) is 13.9. The molecule has 0 bridgehead atoms. The molecule has 3 unspecified atom stereocenters. The molecule has 1 fully saturated rings. The zero-order valence-electron chi connectivity index (χ0n) is 11.3. The number of hydrogen-bond acceptors (Lipinski definition) is 6. The standard InChI is InChI=1S/C13H18N6O/c1-2-20-11-8-10(14)12(11)15-13-16-17-18-19(13)9-6-4-3-5-7-9/h3-7,10-12H,2,8,14H2,1H3,(H,15,16,18). The normalized spacial score (nSPS) is 25.2. The lowest BCUT2D eigenvalue weighted by Gasteiger charge is -2.42. The van der Waals surface area contributed by atoms with Gasteiger partial charge in [0.2, 0.25) is 5.95 Å². The summed E-state index contributed by atoms with van der Waals surface area (Å²) in [7, 11) is 0. The molecule has 0 saturated heterocycles. The number of benzene rings is 1. The molecule has 0 spiro atoms. The second kappa shape index (κ2) is 5.56. The van der Waals surface area contributed by atoms with Crippen LogP contribution in [0.4, 0.5) is 5.95 Å². The summed E-state index contributed by atoms with van der Waals surface area (Å²) in [6, 6.07) is 9.84. The molecule has 3 N–H and O–H groups in total. The molecule has 1 aromatic carbocycles. The van der Waals surface area contributed by atoms with E-state index in [0.717, 1.165) is 12.1 Å². The molecule has 1 aliphatic rings. The van der Waals surface area contributed by atoms with Crippen molar-refractivity contribution < 1.29 is 4.74 Å². The van der Waals surface area contributed by atoms with Gasteiger partial charge in [0.05, 0.1) is 17.8 Å². The number of hydrogen-bond donors (Lipinski definition) is 2. The van der Waals surface area contributed by atoms with Crippen LogP contribution in [0.15, 0.2) is 30.3 Å². The summed E-state index contributed by atoms with van der Waals surface area (Å²) in [6.45, 7) is 2.66. The Bertz CT molecular complexity index is 555. The maximum absolute atomic E-state index is 6.03. The Labute approximate surface area is 117 Å². The van der Waals surface area contributed by atoms with Crippen LogP contribution in [0.5, 0.6) is 0 Å². The number of para-hydroxylation sites is 1. The van der Waals surface area contributed by atoms with Crippen LogP contribution in [-0.4, -0.2) is 45.0 Å². The van der Waals surface area contributed by atoms with Gasteiger partial charge < -0.3 is 15.8 Å². The number of nitrogens with zero attached hydrogens (tertiary/aromatic N) is 4. The van der Waals surface area contributed by atoms with Gasteiger partial charge in [-0.25, -0.2) is 0 Å². The van der Waals surface area contributed by atoms with Crippen LogP contribution in [0.25, 0.3) is 5.69 Å². The lowest BCUT2D eigenvalue weighted by molar-refractivity contribution is -0.0129.